The lowest BCUT2D eigenvalue weighted by Crippen LogP contribution is -2.44. The Labute approximate surface area is 206 Å². The minimum atomic E-state index is -0.890. The van der Waals surface area contributed by atoms with Crippen molar-refractivity contribution in [1.29, 1.82) is 0 Å². The summed E-state index contributed by atoms with van der Waals surface area (Å²) in [6, 6.07) is 14.2. The number of morpholine rings is 1. The van der Waals surface area contributed by atoms with E-state index in [2.05, 4.69) is 41.3 Å². The van der Waals surface area contributed by atoms with Crippen molar-refractivity contribution < 1.29 is 19.7 Å². The van der Waals surface area contributed by atoms with Crippen LogP contribution in [-0.4, -0.2) is 53.6 Å². The largest absolute Gasteiger partial charge is 0.478 e. The monoisotopic (exact) mass is 471 g/mol. The fourth-order valence-corrected chi connectivity index (χ4v) is 6.69. The number of carbonyl (C=O) groups is 1. The van der Waals surface area contributed by atoms with Crippen LogP contribution in [0.1, 0.15) is 77.1 Å². The van der Waals surface area contributed by atoms with E-state index in [-0.39, 0.29) is 5.92 Å². The molecule has 182 valence electrons. The minimum Gasteiger partial charge on any atom is -0.478 e. The summed E-state index contributed by atoms with van der Waals surface area (Å²) in [6.07, 6.45) is 8.35. The summed E-state index contributed by atoms with van der Waals surface area (Å²) in [5.41, 5.74) is 8.81. The zero-order valence-electron chi connectivity index (χ0n) is 20.1. The number of carboxylic acids is 1. The Morgan fingerprint density at radius 2 is 1.74 bits per heavy atom. The molecule has 2 atom stereocenters. The van der Waals surface area contributed by atoms with Gasteiger partial charge in [0.2, 0.25) is 0 Å². The van der Waals surface area contributed by atoms with Gasteiger partial charge in [-0.2, -0.15) is 0 Å². The first-order chi connectivity index (χ1) is 17.1. The summed E-state index contributed by atoms with van der Waals surface area (Å²) in [7, 11) is 0. The molecule has 1 saturated heterocycles. The van der Waals surface area contributed by atoms with Gasteiger partial charge in [0.15, 0.2) is 0 Å². The molecule has 2 aromatic rings. The van der Waals surface area contributed by atoms with Gasteiger partial charge < -0.3 is 14.9 Å². The summed E-state index contributed by atoms with van der Waals surface area (Å²) in [5.74, 6) is -0.345. The number of allylic oxidation sites excluding steroid dienone is 2. The van der Waals surface area contributed by atoms with Crippen LogP contribution in [0.3, 0.4) is 0 Å². The molecule has 0 radical (unpaired) electrons. The lowest BCUT2D eigenvalue weighted by molar-refractivity contribution is -0.0417. The van der Waals surface area contributed by atoms with Crippen LogP contribution in [0.25, 0.3) is 17.2 Å². The van der Waals surface area contributed by atoms with Crippen LogP contribution < -0.4 is 0 Å². The van der Waals surface area contributed by atoms with Gasteiger partial charge in [-0.3, -0.25) is 4.90 Å². The maximum Gasteiger partial charge on any atom is 0.335 e. The first-order valence-corrected chi connectivity index (χ1v) is 13.0. The second-order valence-electron chi connectivity index (χ2n) is 10.4. The minimum absolute atomic E-state index is 0.0480. The van der Waals surface area contributed by atoms with Crippen molar-refractivity contribution in [3.63, 3.8) is 0 Å². The number of nitrogens with zero attached hydrogens (tertiary/aromatic N) is 1. The molecule has 1 aliphatic heterocycles. The average molecular weight is 472 g/mol. The van der Waals surface area contributed by atoms with E-state index in [0.29, 0.717) is 44.2 Å². The maximum absolute atomic E-state index is 11.9. The Morgan fingerprint density at radius 3 is 2.51 bits per heavy atom. The van der Waals surface area contributed by atoms with Gasteiger partial charge in [-0.05, 0) is 76.3 Å². The van der Waals surface area contributed by atoms with Crippen molar-refractivity contribution in [1.82, 2.24) is 4.90 Å². The van der Waals surface area contributed by atoms with Crippen LogP contribution >= 0.6 is 0 Å². The van der Waals surface area contributed by atoms with Crippen LogP contribution in [-0.2, 0) is 4.74 Å². The van der Waals surface area contributed by atoms with Crippen LogP contribution in [0.2, 0.25) is 0 Å². The van der Waals surface area contributed by atoms with E-state index in [4.69, 9.17) is 4.74 Å². The molecule has 2 N–H and O–H groups in total. The first kappa shape index (κ1) is 22.7. The molecular formula is C30H33NO4. The summed E-state index contributed by atoms with van der Waals surface area (Å²) >= 11 is 0. The number of fused-ring (bicyclic) bond motifs is 5. The molecule has 0 spiro atoms. The van der Waals surface area contributed by atoms with E-state index in [0.717, 1.165) is 16.7 Å². The molecule has 1 saturated carbocycles. The highest BCUT2D eigenvalue weighted by Crippen LogP contribution is 2.56. The van der Waals surface area contributed by atoms with Crippen molar-refractivity contribution in [2.75, 3.05) is 26.3 Å². The van der Waals surface area contributed by atoms with Gasteiger partial charge in [-0.15, -0.1) is 0 Å². The van der Waals surface area contributed by atoms with Gasteiger partial charge in [0.1, 0.15) is 6.23 Å². The highest BCUT2D eigenvalue weighted by atomic mass is 16.5. The SMILES string of the molecule is O=C(O)c1ccc2c(c1)[C@@H]1CC(C(O)N3CCOCC3)=Cc3ccccc3C1=C2C1CCCCC1. The van der Waals surface area contributed by atoms with E-state index in [1.54, 1.807) is 6.07 Å². The molecule has 35 heavy (non-hydrogen) atoms. The highest BCUT2D eigenvalue weighted by molar-refractivity contribution is 6.03. The number of ether oxygens (including phenoxy) is 1. The number of carboxylic acid groups (broad SMARTS) is 1. The number of aliphatic hydroxyl groups is 1. The molecule has 5 nitrogen and oxygen atoms in total. The first-order valence-electron chi connectivity index (χ1n) is 13.0. The summed E-state index contributed by atoms with van der Waals surface area (Å²) < 4.78 is 5.52. The van der Waals surface area contributed by atoms with Gasteiger partial charge in [0, 0.05) is 19.0 Å². The van der Waals surface area contributed by atoms with Gasteiger partial charge in [-0.1, -0.05) is 55.7 Å². The van der Waals surface area contributed by atoms with Crippen molar-refractivity contribution in [2.24, 2.45) is 5.92 Å². The van der Waals surface area contributed by atoms with Crippen molar-refractivity contribution in [3.8, 4) is 0 Å². The lowest BCUT2D eigenvalue weighted by Gasteiger charge is -2.33. The van der Waals surface area contributed by atoms with Crippen molar-refractivity contribution in [3.05, 3.63) is 75.9 Å². The van der Waals surface area contributed by atoms with E-state index in [1.807, 2.05) is 6.07 Å². The van der Waals surface area contributed by atoms with Crippen molar-refractivity contribution in [2.45, 2.75) is 50.7 Å². The number of hydrogen-bond acceptors (Lipinski definition) is 4. The fourth-order valence-electron chi connectivity index (χ4n) is 6.69. The summed E-state index contributed by atoms with van der Waals surface area (Å²) in [4.78, 5) is 14.0. The second-order valence-corrected chi connectivity index (χ2v) is 10.4. The molecule has 0 aromatic heterocycles. The molecule has 1 heterocycles. The standard InChI is InChI=1S/C30H33NO4/c32-29(31-12-14-35-15-13-31)22-16-20-8-4-5-9-23(20)28-26(18-22)25-17-21(30(33)34)10-11-24(25)27(28)19-6-2-1-3-7-19/h4-5,8-11,16-17,19,26,29,32H,1-3,6-7,12-15,18H2,(H,33,34)/t26-,29?/m0/s1. The molecule has 2 fully saturated rings. The Balaban J connectivity index is 1.52. The van der Waals surface area contributed by atoms with Crippen LogP contribution in [0, 0.1) is 5.92 Å². The number of hydrogen-bond donors (Lipinski definition) is 2. The third-order valence-electron chi connectivity index (χ3n) is 8.37. The van der Waals surface area contributed by atoms with Gasteiger partial charge in [0.05, 0.1) is 18.8 Å². The van der Waals surface area contributed by atoms with Gasteiger partial charge >= 0.3 is 5.97 Å². The smallest absolute Gasteiger partial charge is 0.335 e. The topological polar surface area (TPSA) is 70.0 Å². The third-order valence-corrected chi connectivity index (χ3v) is 8.37. The zero-order valence-corrected chi connectivity index (χ0v) is 20.1. The Bertz CT molecular complexity index is 1200. The lowest BCUT2D eigenvalue weighted by atomic mass is 9.79. The summed E-state index contributed by atoms with van der Waals surface area (Å²) in [5, 5.41) is 21.2. The van der Waals surface area contributed by atoms with E-state index in [9.17, 15) is 15.0 Å². The van der Waals surface area contributed by atoms with Gasteiger partial charge in [-0.25, -0.2) is 4.79 Å². The molecule has 0 bridgehead atoms. The summed E-state index contributed by atoms with van der Waals surface area (Å²) in [6.45, 7) is 2.68. The molecule has 0 amide bonds. The molecule has 6 rings (SSSR count). The Kier molecular flexibility index (Phi) is 6.09. The number of aliphatic hydroxyl groups excluding tert-OH is 1. The number of aromatic carboxylic acids is 1. The molecular weight excluding hydrogens is 438 g/mol. The number of benzene rings is 2. The third kappa shape index (κ3) is 4.06. The average Bonchev–Trinajstić information content (AvgIpc) is 3.11. The second kappa shape index (κ2) is 9.38. The Morgan fingerprint density at radius 1 is 0.971 bits per heavy atom. The maximum atomic E-state index is 11.9. The molecule has 1 unspecified atom stereocenters. The zero-order chi connectivity index (χ0) is 23.9. The van der Waals surface area contributed by atoms with E-state index >= 15 is 0 Å². The fraction of sp³-hybridized carbons (Fsp3) is 0.433. The predicted molar refractivity (Wildman–Crippen MR) is 137 cm³/mol. The Hall–Kier alpha value is -2.73. The number of rotatable bonds is 4. The molecule has 5 heteroatoms. The molecule has 2 aromatic carbocycles. The van der Waals surface area contributed by atoms with Gasteiger partial charge in [0.25, 0.3) is 0 Å². The van der Waals surface area contributed by atoms with Crippen LogP contribution in [0.15, 0.2) is 48.0 Å². The quantitative estimate of drug-likeness (QED) is 0.624. The highest BCUT2D eigenvalue weighted by Gasteiger charge is 2.39. The predicted octanol–water partition coefficient (Wildman–Crippen LogP) is 5.41. The van der Waals surface area contributed by atoms with Crippen molar-refractivity contribution >= 4 is 23.2 Å². The van der Waals surface area contributed by atoms with Crippen LogP contribution in [0.4, 0.5) is 0 Å². The molecule has 4 aliphatic rings. The molecule has 3 aliphatic carbocycles. The van der Waals surface area contributed by atoms with E-state index in [1.165, 1.54) is 54.4 Å². The van der Waals surface area contributed by atoms with Crippen LogP contribution in [0.5, 0.6) is 0 Å². The normalized spacial score (nSPS) is 23.7. The van der Waals surface area contributed by atoms with E-state index < -0.39 is 12.2 Å².